The number of nitrogens with zero attached hydrogens (tertiary/aromatic N) is 2. The molecule has 0 N–H and O–H groups in total. The first-order valence-corrected chi connectivity index (χ1v) is 25.3. The van der Waals surface area contributed by atoms with Crippen LogP contribution in [0.1, 0.15) is 25.0 Å². The van der Waals surface area contributed by atoms with E-state index in [1.807, 2.05) is 0 Å². The molecule has 0 radical (unpaired) electrons. The number of hydrogen-bond donors (Lipinski definition) is 0. The van der Waals surface area contributed by atoms with Crippen LogP contribution in [0.25, 0.3) is 94.6 Å². The smallest absolute Gasteiger partial charge is 0.0619 e. The second-order valence-corrected chi connectivity index (χ2v) is 19.7. The van der Waals surface area contributed by atoms with Crippen molar-refractivity contribution in [2.75, 3.05) is 4.90 Å². The van der Waals surface area contributed by atoms with Crippen LogP contribution in [0.3, 0.4) is 0 Å². The van der Waals surface area contributed by atoms with E-state index in [0.29, 0.717) is 0 Å². The van der Waals surface area contributed by atoms with Crippen LogP contribution in [-0.4, -0.2) is 4.57 Å². The lowest BCUT2D eigenvalue weighted by Crippen LogP contribution is -2.15. The second kappa shape index (κ2) is 18.2. The van der Waals surface area contributed by atoms with Crippen LogP contribution in [-0.2, 0) is 5.41 Å². The first-order chi connectivity index (χ1) is 36.0. The molecule has 12 aromatic rings. The standard InChI is InChI=1S/C71H52N2/c1-71(2)66-46-58(38-45-63(66)64-47-65-68(48-67(64)71)73(59-26-16-7-17-27-59)70(57-24-14-6-15-25-57)69(65)56-22-12-5-13-23-56)55-30-28-51(29-31-55)54-36-43-62(44-37-54)72(60-39-32-52(33-40-60)49-18-8-3-9-19-49)61-41-34-53(35-42-61)50-20-10-4-11-21-50/h3-48H,1-2H3. The summed E-state index contributed by atoms with van der Waals surface area (Å²) in [4.78, 5) is 2.35. The first kappa shape index (κ1) is 43.8. The summed E-state index contributed by atoms with van der Waals surface area (Å²) in [7, 11) is 0. The van der Waals surface area contributed by atoms with E-state index in [4.69, 9.17) is 0 Å². The van der Waals surface area contributed by atoms with Crippen molar-refractivity contribution in [2.24, 2.45) is 0 Å². The topological polar surface area (TPSA) is 8.17 Å². The number of hydrogen-bond acceptors (Lipinski definition) is 1. The molecule has 1 aliphatic rings. The molecule has 0 atom stereocenters. The fourth-order valence-corrected chi connectivity index (χ4v) is 11.3. The van der Waals surface area contributed by atoms with Crippen molar-refractivity contribution in [1.29, 1.82) is 0 Å². The van der Waals surface area contributed by atoms with Gasteiger partial charge in [-0.1, -0.05) is 226 Å². The molecule has 0 amide bonds. The molecule has 1 aliphatic carbocycles. The summed E-state index contributed by atoms with van der Waals surface area (Å²) in [5, 5.41) is 1.26. The third kappa shape index (κ3) is 7.85. The van der Waals surface area contributed by atoms with Gasteiger partial charge in [0.15, 0.2) is 0 Å². The Kier molecular flexibility index (Phi) is 10.9. The highest BCUT2D eigenvalue weighted by Crippen LogP contribution is 2.53. The molecule has 2 heteroatoms. The molecule has 0 aliphatic heterocycles. The summed E-state index contributed by atoms with van der Waals surface area (Å²) >= 11 is 0. The number of anilines is 3. The summed E-state index contributed by atoms with van der Waals surface area (Å²) in [5.74, 6) is 0. The third-order valence-electron chi connectivity index (χ3n) is 15.0. The highest BCUT2D eigenvalue weighted by atomic mass is 15.1. The minimum Gasteiger partial charge on any atom is -0.311 e. The van der Waals surface area contributed by atoms with E-state index >= 15 is 0 Å². The molecule has 13 rings (SSSR count). The Morgan fingerprint density at radius 3 is 1.12 bits per heavy atom. The maximum atomic E-state index is 2.48. The largest absolute Gasteiger partial charge is 0.311 e. The summed E-state index contributed by atoms with van der Waals surface area (Å²) in [6, 6.07) is 102. The normalized spacial score (nSPS) is 12.4. The molecule has 1 heterocycles. The van der Waals surface area contributed by atoms with Crippen molar-refractivity contribution in [3.8, 4) is 83.7 Å². The summed E-state index contributed by atoms with van der Waals surface area (Å²) in [5.41, 5.74) is 25.3. The minimum atomic E-state index is -0.218. The SMILES string of the molecule is CC1(C)c2cc(-c3ccc(-c4ccc(N(c5ccc(-c6ccccc6)cc5)c5ccc(-c6ccccc6)cc5)cc4)cc3)ccc2-c2cc3c(-c4ccccc4)c(-c4ccccc4)n(-c4ccccc4)c3cc21. The highest BCUT2D eigenvalue weighted by molar-refractivity contribution is 6.08. The lowest BCUT2D eigenvalue weighted by Gasteiger charge is -2.26. The van der Waals surface area contributed by atoms with Crippen molar-refractivity contribution in [1.82, 2.24) is 4.57 Å². The molecule has 0 spiro atoms. The van der Waals surface area contributed by atoms with Crippen molar-refractivity contribution >= 4 is 28.0 Å². The molecule has 0 saturated carbocycles. The van der Waals surface area contributed by atoms with Gasteiger partial charge in [0.1, 0.15) is 0 Å². The molecule has 0 unspecified atom stereocenters. The zero-order valence-electron chi connectivity index (χ0n) is 41.0. The van der Waals surface area contributed by atoms with E-state index < -0.39 is 0 Å². The Bertz CT molecular complexity index is 3810. The molecule has 0 saturated heterocycles. The Balaban J connectivity index is 0.830. The zero-order chi connectivity index (χ0) is 48.9. The maximum absolute atomic E-state index is 2.48. The third-order valence-corrected chi connectivity index (χ3v) is 15.0. The Hall–Kier alpha value is -9.24. The number of rotatable bonds is 10. The predicted molar refractivity (Wildman–Crippen MR) is 308 cm³/mol. The van der Waals surface area contributed by atoms with Gasteiger partial charge in [-0.15, -0.1) is 0 Å². The summed E-state index contributed by atoms with van der Waals surface area (Å²) < 4.78 is 2.48. The number of fused-ring (bicyclic) bond motifs is 4. The van der Waals surface area contributed by atoms with Gasteiger partial charge in [-0.05, 0) is 145 Å². The van der Waals surface area contributed by atoms with Gasteiger partial charge in [-0.25, -0.2) is 0 Å². The van der Waals surface area contributed by atoms with Crippen LogP contribution in [0.2, 0.25) is 0 Å². The van der Waals surface area contributed by atoms with E-state index in [1.54, 1.807) is 0 Å². The Labute approximate surface area is 428 Å². The van der Waals surface area contributed by atoms with Gasteiger partial charge in [0.25, 0.3) is 0 Å². The predicted octanol–water partition coefficient (Wildman–Crippen LogP) is 19.4. The average Bonchev–Trinajstić information content (AvgIpc) is 3.91. The van der Waals surface area contributed by atoms with E-state index in [2.05, 4.69) is 302 Å². The van der Waals surface area contributed by atoms with Gasteiger partial charge in [-0.2, -0.15) is 0 Å². The van der Waals surface area contributed by atoms with Crippen LogP contribution in [0.5, 0.6) is 0 Å². The van der Waals surface area contributed by atoms with Crippen molar-refractivity contribution in [2.45, 2.75) is 19.3 Å². The van der Waals surface area contributed by atoms with Gasteiger partial charge in [0.05, 0.1) is 11.2 Å². The van der Waals surface area contributed by atoms with E-state index in [9.17, 15) is 0 Å². The van der Waals surface area contributed by atoms with E-state index in [1.165, 1.54) is 100 Å². The van der Waals surface area contributed by atoms with Crippen LogP contribution in [0, 0.1) is 0 Å². The van der Waals surface area contributed by atoms with Crippen LogP contribution < -0.4 is 4.90 Å². The van der Waals surface area contributed by atoms with Gasteiger partial charge < -0.3 is 9.47 Å². The Morgan fingerprint density at radius 2 is 0.658 bits per heavy atom. The van der Waals surface area contributed by atoms with Crippen LogP contribution in [0.15, 0.2) is 279 Å². The van der Waals surface area contributed by atoms with Crippen molar-refractivity contribution in [3.63, 3.8) is 0 Å². The monoisotopic (exact) mass is 932 g/mol. The van der Waals surface area contributed by atoms with Gasteiger partial charge in [0, 0.05) is 39.1 Å². The van der Waals surface area contributed by atoms with Gasteiger partial charge in [-0.3, -0.25) is 0 Å². The quantitative estimate of drug-likeness (QED) is 0.133. The van der Waals surface area contributed by atoms with Gasteiger partial charge in [0.2, 0.25) is 0 Å². The minimum absolute atomic E-state index is 0.218. The fourth-order valence-electron chi connectivity index (χ4n) is 11.3. The van der Waals surface area contributed by atoms with Crippen LogP contribution >= 0.6 is 0 Å². The molecule has 0 fully saturated rings. The Morgan fingerprint density at radius 1 is 0.301 bits per heavy atom. The average molecular weight is 933 g/mol. The molecular formula is C71H52N2. The van der Waals surface area contributed by atoms with Gasteiger partial charge >= 0.3 is 0 Å². The number of benzene rings is 11. The molecule has 0 bridgehead atoms. The molecule has 11 aromatic carbocycles. The number of aromatic nitrogens is 1. The molecule has 2 nitrogen and oxygen atoms in total. The summed E-state index contributed by atoms with van der Waals surface area (Å²) in [6.07, 6.45) is 0. The maximum Gasteiger partial charge on any atom is 0.0619 e. The zero-order valence-corrected chi connectivity index (χ0v) is 41.0. The van der Waals surface area contributed by atoms with Crippen LogP contribution in [0.4, 0.5) is 17.1 Å². The first-order valence-electron chi connectivity index (χ1n) is 25.3. The molecule has 1 aromatic heterocycles. The van der Waals surface area contributed by atoms with E-state index in [-0.39, 0.29) is 5.41 Å². The fraction of sp³-hybridized carbons (Fsp3) is 0.0423. The molecule has 346 valence electrons. The molecular weight excluding hydrogens is 881 g/mol. The van der Waals surface area contributed by atoms with Crippen molar-refractivity contribution < 1.29 is 0 Å². The number of para-hydroxylation sites is 1. The summed E-state index contributed by atoms with van der Waals surface area (Å²) in [6.45, 7) is 4.79. The lowest BCUT2D eigenvalue weighted by molar-refractivity contribution is 0.661. The molecule has 73 heavy (non-hydrogen) atoms. The highest BCUT2D eigenvalue weighted by Gasteiger charge is 2.37. The lowest BCUT2D eigenvalue weighted by atomic mass is 9.81. The second-order valence-electron chi connectivity index (χ2n) is 19.7. The van der Waals surface area contributed by atoms with E-state index in [0.717, 1.165) is 22.7 Å². The van der Waals surface area contributed by atoms with Crippen molar-refractivity contribution in [3.05, 3.63) is 290 Å².